The molecule has 0 unspecified atom stereocenters. The molecule has 0 aliphatic carbocycles. The highest BCUT2D eigenvalue weighted by atomic mass is 28.3. The first-order valence-corrected chi connectivity index (χ1v) is 8.34. The second kappa shape index (κ2) is 4.65. The van der Waals surface area contributed by atoms with Crippen molar-refractivity contribution in [3.05, 3.63) is 23.3 Å². The Bertz CT molecular complexity index is 442. The second-order valence-electron chi connectivity index (χ2n) is 5.69. The van der Waals surface area contributed by atoms with Crippen LogP contribution in [0.1, 0.15) is 43.6 Å². The van der Waals surface area contributed by atoms with E-state index in [9.17, 15) is 9.90 Å². The Hall–Kier alpha value is -1.09. The number of Topliss-reactive ketones (excluding diaryl/α,β-unsaturated/α-hetero) is 1. The number of phenols is 1. The molecule has 0 saturated heterocycles. The van der Waals surface area contributed by atoms with Crippen molar-refractivity contribution in [2.45, 2.75) is 46.2 Å². The molecule has 0 amide bonds. The van der Waals surface area contributed by atoms with Gasteiger partial charge in [0.2, 0.25) is 0 Å². The molecule has 0 bridgehead atoms. The number of aromatic hydroxyl groups is 1. The van der Waals surface area contributed by atoms with Crippen molar-refractivity contribution < 1.29 is 9.90 Å². The van der Waals surface area contributed by atoms with Crippen LogP contribution in [0.25, 0.3) is 0 Å². The highest BCUT2D eigenvalue weighted by Crippen LogP contribution is 2.26. The van der Waals surface area contributed by atoms with Crippen LogP contribution >= 0.6 is 0 Å². The summed E-state index contributed by atoms with van der Waals surface area (Å²) in [6, 6.07) is 3.60. The topological polar surface area (TPSA) is 37.3 Å². The van der Waals surface area contributed by atoms with Gasteiger partial charge in [-0.25, -0.2) is 0 Å². The molecule has 1 N–H and O–H groups in total. The largest absolute Gasteiger partial charge is 0.507 e. The van der Waals surface area contributed by atoms with Gasteiger partial charge in [-0.15, -0.1) is 0 Å². The lowest BCUT2D eigenvalue weighted by Gasteiger charge is -2.26. The predicted molar refractivity (Wildman–Crippen MR) is 73.9 cm³/mol. The molecule has 0 aliphatic heterocycles. The molecule has 17 heavy (non-hydrogen) atoms. The maximum atomic E-state index is 11.7. The van der Waals surface area contributed by atoms with Gasteiger partial charge in [0.15, 0.2) is 5.78 Å². The third-order valence-electron chi connectivity index (χ3n) is 2.84. The lowest BCUT2D eigenvalue weighted by molar-refractivity contribution is 0.101. The molecule has 0 saturated carbocycles. The Balaban J connectivity index is 3.65. The molecule has 3 heteroatoms. The number of hydrogen-bond donors (Lipinski definition) is 1. The van der Waals surface area contributed by atoms with Crippen molar-refractivity contribution in [1.82, 2.24) is 0 Å². The first-order chi connectivity index (χ1) is 7.66. The van der Waals surface area contributed by atoms with Crippen LogP contribution in [0, 0.1) is 0 Å². The zero-order chi connectivity index (χ0) is 13.4. The number of benzene rings is 1. The van der Waals surface area contributed by atoms with E-state index in [4.69, 9.17) is 0 Å². The van der Waals surface area contributed by atoms with E-state index in [-0.39, 0.29) is 16.9 Å². The Kier molecular flexibility index (Phi) is 3.82. The van der Waals surface area contributed by atoms with Crippen molar-refractivity contribution in [3.8, 4) is 5.75 Å². The highest BCUT2D eigenvalue weighted by molar-refractivity contribution is 6.72. The minimum absolute atomic E-state index is 0.00479. The van der Waals surface area contributed by atoms with Gasteiger partial charge in [0.25, 0.3) is 0 Å². The zero-order valence-electron chi connectivity index (χ0n) is 11.5. The summed E-state index contributed by atoms with van der Waals surface area (Å²) in [5, 5.41) is 11.0. The minimum Gasteiger partial charge on any atom is -0.507 e. The average molecular weight is 249 g/mol. The molecule has 1 aromatic carbocycles. The minimum atomic E-state index is -0.802. The fourth-order valence-corrected chi connectivity index (χ4v) is 3.89. The molecule has 0 spiro atoms. The summed E-state index contributed by atoms with van der Waals surface area (Å²) in [5.41, 5.74) is 1.70. The normalized spacial score (nSPS) is 11.9. The summed E-state index contributed by atoms with van der Waals surface area (Å²) in [6.07, 6.45) is 0. The van der Waals surface area contributed by atoms with Gasteiger partial charge in [-0.3, -0.25) is 4.79 Å². The van der Waals surface area contributed by atoms with E-state index in [0.717, 1.165) is 5.19 Å². The fourth-order valence-electron chi connectivity index (χ4n) is 2.09. The van der Waals surface area contributed by atoms with Crippen LogP contribution in [0.15, 0.2) is 12.1 Å². The monoisotopic (exact) mass is 249 g/mol. The molecule has 0 aromatic heterocycles. The summed E-state index contributed by atoms with van der Waals surface area (Å²) in [5.74, 6) is 0.0708. The Morgan fingerprint density at radius 2 is 1.76 bits per heavy atom. The van der Waals surface area contributed by atoms with Gasteiger partial charge in [-0.2, -0.15) is 0 Å². The second-order valence-corrected chi connectivity index (χ2v) is 8.19. The summed E-state index contributed by atoms with van der Waals surface area (Å²) < 4.78 is 0. The number of rotatable bonds is 2. The van der Waals surface area contributed by atoms with Crippen LogP contribution < -0.4 is 5.19 Å². The SMILES string of the molecule is CC(=O)c1c(O)ccc(C(C)(C)C)c1[Si](C)C. The molecule has 1 aromatic rings. The summed E-state index contributed by atoms with van der Waals surface area (Å²) in [6.45, 7) is 12.2. The highest BCUT2D eigenvalue weighted by Gasteiger charge is 2.25. The third kappa shape index (κ3) is 2.78. The number of ketones is 1. The quantitative estimate of drug-likeness (QED) is 0.646. The maximum absolute atomic E-state index is 11.7. The molecule has 93 valence electrons. The molecule has 1 rings (SSSR count). The van der Waals surface area contributed by atoms with Crippen LogP contribution in [0.2, 0.25) is 13.1 Å². The van der Waals surface area contributed by atoms with Gasteiger partial charge in [-0.1, -0.05) is 39.9 Å². The van der Waals surface area contributed by atoms with Crippen LogP contribution in [0.3, 0.4) is 0 Å². The Labute approximate surface area is 105 Å². The molecule has 2 nitrogen and oxygen atoms in total. The van der Waals surface area contributed by atoms with Gasteiger partial charge in [-0.05, 0) is 29.2 Å². The molecule has 0 heterocycles. The third-order valence-corrected chi connectivity index (χ3v) is 4.36. The van der Waals surface area contributed by atoms with E-state index in [0.29, 0.717) is 5.56 Å². The Morgan fingerprint density at radius 1 is 1.24 bits per heavy atom. The summed E-state index contributed by atoms with van der Waals surface area (Å²) in [7, 11) is -0.802. The van der Waals surface area contributed by atoms with E-state index >= 15 is 0 Å². The van der Waals surface area contributed by atoms with E-state index < -0.39 is 8.80 Å². The molecular weight excluding hydrogens is 228 g/mol. The molecule has 1 radical (unpaired) electrons. The van der Waals surface area contributed by atoms with Crippen LogP contribution in [0.4, 0.5) is 0 Å². The number of hydrogen-bond acceptors (Lipinski definition) is 2. The number of carbonyl (C=O) groups is 1. The lowest BCUT2D eigenvalue weighted by Crippen LogP contribution is -2.36. The average Bonchev–Trinajstić information content (AvgIpc) is 2.14. The maximum Gasteiger partial charge on any atom is 0.163 e. The van der Waals surface area contributed by atoms with Gasteiger partial charge >= 0.3 is 0 Å². The van der Waals surface area contributed by atoms with Crippen molar-refractivity contribution in [1.29, 1.82) is 0 Å². The van der Waals surface area contributed by atoms with Gasteiger partial charge in [0.1, 0.15) is 5.75 Å². The zero-order valence-corrected chi connectivity index (χ0v) is 12.5. The van der Waals surface area contributed by atoms with E-state index in [1.807, 2.05) is 6.07 Å². The summed E-state index contributed by atoms with van der Waals surface area (Å²) in [4.78, 5) is 11.7. The van der Waals surface area contributed by atoms with Gasteiger partial charge in [0.05, 0.1) is 14.4 Å². The van der Waals surface area contributed by atoms with Crippen LogP contribution in [-0.2, 0) is 5.41 Å². The Morgan fingerprint density at radius 3 is 2.12 bits per heavy atom. The van der Waals surface area contributed by atoms with Crippen molar-refractivity contribution in [2.24, 2.45) is 0 Å². The van der Waals surface area contributed by atoms with Crippen LogP contribution in [-0.4, -0.2) is 19.7 Å². The molecular formula is C14H21O2Si. The molecule has 0 fully saturated rings. The smallest absolute Gasteiger partial charge is 0.163 e. The van der Waals surface area contributed by atoms with Gasteiger partial charge < -0.3 is 5.11 Å². The van der Waals surface area contributed by atoms with Crippen molar-refractivity contribution in [2.75, 3.05) is 0 Å². The molecule has 0 aliphatic rings. The number of carbonyl (C=O) groups excluding carboxylic acids is 1. The first kappa shape index (κ1) is 14.0. The summed E-state index contributed by atoms with van der Waals surface area (Å²) >= 11 is 0. The fraction of sp³-hybridized carbons (Fsp3) is 0.500. The van der Waals surface area contributed by atoms with Crippen LogP contribution in [0.5, 0.6) is 5.75 Å². The predicted octanol–water partition coefficient (Wildman–Crippen LogP) is 2.85. The standard InChI is InChI=1S/C14H21O2Si/c1-9(15)12-11(16)8-7-10(14(2,3)4)13(12)17(5)6/h7-8,16H,1-6H3. The van der Waals surface area contributed by atoms with E-state index in [1.165, 1.54) is 12.5 Å². The van der Waals surface area contributed by atoms with Crippen molar-refractivity contribution >= 4 is 19.8 Å². The van der Waals surface area contributed by atoms with E-state index in [1.54, 1.807) is 6.07 Å². The number of phenolic OH excluding ortho intramolecular Hbond substituents is 1. The first-order valence-electron chi connectivity index (χ1n) is 5.84. The lowest BCUT2D eigenvalue weighted by atomic mass is 9.85. The molecule has 0 atom stereocenters. The van der Waals surface area contributed by atoms with Crippen molar-refractivity contribution in [3.63, 3.8) is 0 Å². The van der Waals surface area contributed by atoms with E-state index in [2.05, 4.69) is 33.9 Å². The van der Waals surface area contributed by atoms with Gasteiger partial charge in [0, 0.05) is 0 Å².